The fourth-order valence-corrected chi connectivity index (χ4v) is 2.96. The molecule has 0 aromatic carbocycles. The van der Waals surface area contributed by atoms with Crippen LogP contribution in [0.2, 0.25) is 0 Å². The van der Waals surface area contributed by atoms with Crippen LogP contribution >= 0.6 is 0 Å². The minimum atomic E-state index is 0.612. The monoisotopic (exact) mass is 196 g/mol. The van der Waals surface area contributed by atoms with Crippen LogP contribution in [0, 0.1) is 5.92 Å². The van der Waals surface area contributed by atoms with Crippen LogP contribution in [-0.2, 0) is 4.74 Å². The standard InChI is InChI=1S/C13H24O/c1-3-7-12(8-4-1)11-13-9-5-2-6-10-14-13/h12-13H,1-11H2. The Labute approximate surface area is 88.2 Å². The van der Waals surface area contributed by atoms with Crippen molar-refractivity contribution < 1.29 is 4.74 Å². The maximum atomic E-state index is 5.91. The minimum absolute atomic E-state index is 0.612. The highest BCUT2D eigenvalue weighted by atomic mass is 16.5. The first-order valence-corrected chi connectivity index (χ1v) is 6.57. The first kappa shape index (κ1) is 10.5. The molecule has 0 aromatic rings. The fraction of sp³-hybridized carbons (Fsp3) is 1.00. The number of hydrogen-bond donors (Lipinski definition) is 0. The van der Waals surface area contributed by atoms with E-state index in [9.17, 15) is 0 Å². The van der Waals surface area contributed by atoms with Crippen LogP contribution in [0.3, 0.4) is 0 Å². The van der Waals surface area contributed by atoms with Gasteiger partial charge in [-0.3, -0.25) is 0 Å². The van der Waals surface area contributed by atoms with Crippen LogP contribution in [0.15, 0.2) is 0 Å². The predicted molar refractivity (Wildman–Crippen MR) is 59.4 cm³/mol. The Kier molecular flexibility index (Phi) is 4.30. The molecule has 0 radical (unpaired) electrons. The average molecular weight is 196 g/mol. The highest BCUT2D eigenvalue weighted by molar-refractivity contribution is 4.72. The van der Waals surface area contributed by atoms with Gasteiger partial charge in [0.15, 0.2) is 0 Å². The summed E-state index contributed by atoms with van der Waals surface area (Å²) < 4.78 is 5.91. The van der Waals surface area contributed by atoms with Crippen LogP contribution in [0.25, 0.3) is 0 Å². The van der Waals surface area contributed by atoms with Gasteiger partial charge in [0.1, 0.15) is 0 Å². The molecule has 0 N–H and O–H groups in total. The zero-order valence-electron chi connectivity index (χ0n) is 9.34. The first-order chi connectivity index (χ1) is 6.95. The van der Waals surface area contributed by atoms with Gasteiger partial charge >= 0.3 is 0 Å². The highest BCUT2D eigenvalue weighted by Gasteiger charge is 2.20. The third-order valence-corrected chi connectivity index (χ3v) is 3.84. The van der Waals surface area contributed by atoms with Gasteiger partial charge in [0.2, 0.25) is 0 Å². The lowest BCUT2D eigenvalue weighted by Gasteiger charge is -2.25. The molecule has 2 fully saturated rings. The lowest BCUT2D eigenvalue weighted by molar-refractivity contribution is 0.0366. The Morgan fingerprint density at radius 1 is 0.786 bits per heavy atom. The molecule has 0 aromatic heterocycles. The van der Waals surface area contributed by atoms with E-state index < -0.39 is 0 Å². The molecule has 1 aliphatic heterocycles. The second kappa shape index (κ2) is 5.75. The Balaban J connectivity index is 1.71. The van der Waals surface area contributed by atoms with Crippen molar-refractivity contribution in [2.45, 2.75) is 70.3 Å². The molecule has 1 atom stereocenters. The molecule has 1 saturated carbocycles. The third kappa shape index (κ3) is 3.27. The van der Waals surface area contributed by atoms with Crippen LogP contribution in [-0.4, -0.2) is 12.7 Å². The van der Waals surface area contributed by atoms with Crippen LogP contribution in [0.1, 0.15) is 64.2 Å². The molecule has 1 unspecified atom stereocenters. The van der Waals surface area contributed by atoms with Gasteiger partial charge in [-0.2, -0.15) is 0 Å². The summed E-state index contributed by atoms with van der Waals surface area (Å²) in [5, 5.41) is 0. The molecular weight excluding hydrogens is 172 g/mol. The summed E-state index contributed by atoms with van der Waals surface area (Å²) in [6.45, 7) is 1.03. The van der Waals surface area contributed by atoms with Crippen molar-refractivity contribution in [1.29, 1.82) is 0 Å². The Morgan fingerprint density at radius 2 is 1.50 bits per heavy atom. The summed E-state index contributed by atoms with van der Waals surface area (Å²) in [6.07, 6.45) is 14.7. The maximum absolute atomic E-state index is 5.91. The van der Waals surface area contributed by atoms with Crippen LogP contribution in [0.4, 0.5) is 0 Å². The Bertz CT molecular complexity index is 141. The van der Waals surface area contributed by atoms with Gasteiger partial charge in [0.25, 0.3) is 0 Å². The Morgan fingerprint density at radius 3 is 2.36 bits per heavy atom. The van der Waals surface area contributed by atoms with E-state index >= 15 is 0 Å². The summed E-state index contributed by atoms with van der Waals surface area (Å²) in [6, 6.07) is 0. The summed E-state index contributed by atoms with van der Waals surface area (Å²) in [7, 11) is 0. The van der Waals surface area contributed by atoms with Crippen molar-refractivity contribution in [2.24, 2.45) is 5.92 Å². The van der Waals surface area contributed by atoms with Crippen LogP contribution in [0.5, 0.6) is 0 Å². The highest BCUT2D eigenvalue weighted by Crippen LogP contribution is 2.30. The molecule has 1 saturated heterocycles. The average Bonchev–Trinajstić information content (AvgIpc) is 2.48. The number of ether oxygens (including phenoxy) is 1. The second-order valence-corrected chi connectivity index (χ2v) is 5.08. The quantitative estimate of drug-likeness (QED) is 0.650. The van der Waals surface area contributed by atoms with Gasteiger partial charge in [-0.15, -0.1) is 0 Å². The molecular formula is C13H24O. The van der Waals surface area contributed by atoms with Gasteiger partial charge in [0, 0.05) is 6.61 Å². The lowest BCUT2D eigenvalue weighted by Crippen LogP contribution is -2.18. The van der Waals surface area contributed by atoms with Gasteiger partial charge in [-0.1, -0.05) is 44.9 Å². The predicted octanol–water partition coefficient (Wildman–Crippen LogP) is 3.92. The van der Waals surface area contributed by atoms with Gasteiger partial charge in [-0.25, -0.2) is 0 Å². The summed E-state index contributed by atoms with van der Waals surface area (Å²) in [5.74, 6) is 0.992. The summed E-state index contributed by atoms with van der Waals surface area (Å²) >= 11 is 0. The molecule has 14 heavy (non-hydrogen) atoms. The van der Waals surface area contributed by atoms with E-state index in [-0.39, 0.29) is 0 Å². The molecule has 2 aliphatic rings. The normalized spacial score (nSPS) is 31.3. The number of rotatable bonds is 2. The summed E-state index contributed by atoms with van der Waals surface area (Å²) in [4.78, 5) is 0. The van der Waals surface area contributed by atoms with E-state index in [1.165, 1.54) is 64.2 Å². The van der Waals surface area contributed by atoms with Crippen molar-refractivity contribution in [3.63, 3.8) is 0 Å². The maximum Gasteiger partial charge on any atom is 0.0577 e. The first-order valence-electron chi connectivity index (χ1n) is 6.57. The Hall–Kier alpha value is -0.0400. The van der Waals surface area contributed by atoms with Crippen molar-refractivity contribution in [3.05, 3.63) is 0 Å². The van der Waals surface area contributed by atoms with E-state index in [4.69, 9.17) is 4.74 Å². The van der Waals surface area contributed by atoms with E-state index in [2.05, 4.69) is 0 Å². The topological polar surface area (TPSA) is 9.23 Å². The van der Waals surface area contributed by atoms with E-state index in [0.717, 1.165) is 12.5 Å². The molecule has 0 amide bonds. The van der Waals surface area contributed by atoms with Gasteiger partial charge in [0.05, 0.1) is 6.10 Å². The molecule has 0 bridgehead atoms. The largest absolute Gasteiger partial charge is 0.378 e. The molecule has 1 aliphatic carbocycles. The van der Waals surface area contributed by atoms with Gasteiger partial charge in [-0.05, 0) is 25.2 Å². The van der Waals surface area contributed by atoms with Crippen molar-refractivity contribution in [2.75, 3.05) is 6.61 Å². The van der Waals surface area contributed by atoms with Crippen molar-refractivity contribution >= 4 is 0 Å². The fourth-order valence-electron chi connectivity index (χ4n) is 2.96. The minimum Gasteiger partial charge on any atom is -0.378 e. The second-order valence-electron chi connectivity index (χ2n) is 5.08. The van der Waals surface area contributed by atoms with Crippen molar-refractivity contribution in [3.8, 4) is 0 Å². The van der Waals surface area contributed by atoms with E-state index in [1.807, 2.05) is 0 Å². The van der Waals surface area contributed by atoms with E-state index in [1.54, 1.807) is 0 Å². The lowest BCUT2D eigenvalue weighted by atomic mass is 9.84. The number of hydrogen-bond acceptors (Lipinski definition) is 1. The zero-order valence-corrected chi connectivity index (χ0v) is 9.34. The third-order valence-electron chi connectivity index (χ3n) is 3.84. The molecule has 82 valence electrons. The SMILES string of the molecule is C1CCC(CC2CCCCCO2)CC1. The molecule has 1 heterocycles. The molecule has 1 heteroatoms. The smallest absolute Gasteiger partial charge is 0.0577 e. The zero-order chi connectivity index (χ0) is 9.64. The molecule has 1 nitrogen and oxygen atoms in total. The summed E-state index contributed by atoms with van der Waals surface area (Å²) in [5.41, 5.74) is 0. The van der Waals surface area contributed by atoms with E-state index in [0.29, 0.717) is 6.10 Å². The molecule has 0 spiro atoms. The van der Waals surface area contributed by atoms with Gasteiger partial charge < -0.3 is 4.74 Å². The van der Waals surface area contributed by atoms with Crippen molar-refractivity contribution in [1.82, 2.24) is 0 Å². The molecule has 2 rings (SSSR count). The van der Waals surface area contributed by atoms with Crippen LogP contribution < -0.4 is 0 Å².